The molecule has 0 radical (unpaired) electrons. The van der Waals surface area contributed by atoms with Gasteiger partial charge in [0.25, 0.3) is 0 Å². The first-order chi connectivity index (χ1) is 10.1. The molecule has 3 fully saturated rings. The van der Waals surface area contributed by atoms with Gasteiger partial charge < -0.3 is 9.64 Å². The second kappa shape index (κ2) is 5.80. The lowest BCUT2D eigenvalue weighted by Crippen LogP contribution is -2.56. The Bertz CT molecular complexity index is 499. The summed E-state index contributed by atoms with van der Waals surface area (Å²) in [7, 11) is 4.32. The van der Waals surface area contributed by atoms with Gasteiger partial charge in [-0.25, -0.2) is 0 Å². The molecule has 2 bridgehead atoms. The Balaban J connectivity index is 1.91. The number of esters is 1. The number of nitrogens with zero attached hydrogens (tertiary/aromatic N) is 1. The van der Waals surface area contributed by atoms with Gasteiger partial charge in [0.2, 0.25) is 0 Å². The van der Waals surface area contributed by atoms with Gasteiger partial charge in [-0.3, -0.25) is 4.79 Å². The fourth-order valence-corrected chi connectivity index (χ4v) is 4.64. The zero-order valence-electron chi connectivity index (χ0n) is 13.2. The summed E-state index contributed by atoms with van der Waals surface area (Å²) in [6.45, 7) is 1.53. The molecule has 0 unspecified atom stereocenters. The van der Waals surface area contributed by atoms with Crippen molar-refractivity contribution in [1.29, 1.82) is 0 Å². The lowest BCUT2D eigenvalue weighted by atomic mass is 9.58. The number of rotatable bonds is 3. The van der Waals surface area contributed by atoms with Crippen molar-refractivity contribution in [3.63, 3.8) is 0 Å². The number of carbonyl (C=O) groups excluding carboxylic acids is 1. The summed E-state index contributed by atoms with van der Waals surface area (Å²) in [5, 5.41) is 0. The van der Waals surface area contributed by atoms with Gasteiger partial charge in [-0.15, -0.1) is 0 Å². The van der Waals surface area contributed by atoms with Crippen LogP contribution in [-0.4, -0.2) is 37.1 Å². The molecule has 3 aliphatic rings. The van der Waals surface area contributed by atoms with E-state index in [1.54, 1.807) is 0 Å². The number of hydrogen-bond acceptors (Lipinski definition) is 3. The summed E-state index contributed by atoms with van der Waals surface area (Å²) in [4.78, 5) is 13.7. The van der Waals surface area contributed by atoms with Gasteiger partial charge in [0.1, 0.15) is 6.10 Å². The van der Waals surface area contributed by atoms with Crippen LogP contribution in [0.3, 0.4) is 0 Å². The van der Waals surface area contributed by atoms with Crippen molar-refractivity contribution in [2.24, 2.45) is 11.8 Å². The molecule has 3 heteroatoms. The first-order valence-corrected chi connectivity index (χ1v) is 7.96. The van der Waals surface area contributed by atoms with Crippen molar-refractivity contribution in [1.82, 2.24) is 4.90 Å². The van der Waals surface area contributed by atoms with Crippen molar-refractivity contribution in [2.75, 3.05) is 14.1 Å². The molecular weight excluding hydrogens is 262 g/mol. The molecule has 1 aromatic carbocycles. The average Bonchev–Trinajstić information content (AvgIpc) is 2.47. The zero-order chi connectivity index (χ0) is 15.0. The molecule has 1 aromatic rings. The molecule has 0 amide bonds. The fourth-order valence-electron chi connectivity index (χ4n) is 4.64. The van der Waals surface area contributed by atoms with Crippen LogP contribution < -0.4 is 0 Å². The monoisotopic (exact) mass is 287 g/mol. The van der Waals surface area contributed by atoms with Crippen molar-refractivity contribution >= 4 is 5.97 Å². The van der Waals surface area contributed by atoms with E-state index in [-0.39, 0.29) is 12.1 Å². The number of carbonyl (C=O) groups is 1. The van der Waals surface area contributed by atoms with E-state index in [9.17, 15) is 4.79 Å². The van der Waals surface area contributed by atoms with Crippen LogP contribution in [0.15, 0.2) is 30.3 Å². The highest BCUT2D eigenvalue weighted by molar-refractivity contribution is 5.66. The van der Waals surface area contributed by atoms with E-state index in [2.05, 4.69) is 49.3 Å². The van der Waals surface area contributed by atoms with Gasteiger partial charge in [-0.1, -0.05) is 30.3 Å². The molecule has 21 heavy (non-hydrogen) atoms. The predicted octanol–water partition coefficient (Wildman–Crippen LogP) is 3.06. The topological polar surface area (TPSA) is 29.5 Å². The third-order valence-corrected chi connectivity index (χ3v) is 5.30. The predicted molar refractivity (Wildman–Crippen MR) is 83.0 cm³/mol. The number of benzene rings is 1. The van der Waals surface area contributed by atoms with E-state index in [0.717, 1.165) is 6.42 Å². The van der Waals surface area contributed by atoms with E-state index < -0.39 is 0 Å². The Hall–Kier alpha value is -1.35. The van der Waals surface area contributed by atoms with E-state index in [1.165, 1.54) is 25.3 Å². The van der Waals surface area contributed by atoms with Gasteiger partial charge in [-0.05, 0) is 44.8 Å². The molecule has 3 saturated carbocycles. The van der Waals surface area contributed by atoms with Crippen molar-refractivity contribution < 1.29 is 9.53 Å². The lowest BCUT2D eigenvalue weighted by molar-refractivity contribution is -0.160. The van der Waals surface area contributed by atoms with Crippen LogP contribution in [-0.2, 0) is 9.53 Å². The molecule has 5 atom stereocenters. The highest BCUT2D eigenvalue weighted by atomic mass is 16.5. The summed E-state index contributed by atoms with van der Waals surface area (Å²) in [6.07, 6.45) is 3.56. The smallest absolute Gasteiger partial charge is 0.302 e. The molecular formula is C18H25NO2. The summed E-state index contributed by atoms with van der Waals surface area (Å²) < 4.78 is 5.62. The first-order valence-electron chi connectivity index (χ1n) is 7.96. The Morgan fingerprint density at radius 1 is 1.19 bits per heavy atom. The number of fused-ring (bicyclic) bond motifs is 3. The zero-order valence-corrected chi connectivity index (χ0v) is 13.2. The highest BCUT2D eigenvalue weighted by Crippen LogP contribution is 2.52. The second-order valence-electron chi connectivity index (χ2n) is 6.78. The minimum Gasteiger partial charge on any atom is -0.462 e. The third-order valence-electron chi connectivity index (χ3n) is 5.30. The Labute approximate surface area is 127 Å². The van der Waals surface area contributed by atoms with Gasteiger partial charge >= 0.3 is 5.97 Å². The maximum Gasteiger partial charge on any atom is 0.302 e. The first kappa shape index (κ1) is 14.6. The van der Waals surface area contributed by atoms with E-state index in [0.29, 0.717) is 23.8 Å². The van der Waals surface area contributed by atoms with Gasteiger partial charge in [0, 0.05) is 24.8 Å². The molecule has 4 rings (SSSR count). The summed E-state index contributed by atoms with van der Waals surface area (Å²) in [6, 6.07) is 11.3. The molecule has 114 valence electrons. The van der Waals surface area contributed by atoms with E-state index in [1.807, 2.05) is 0 Å². The third kappa shape index (κ3) is 2.71. The van der Waals surface area contributed by atoms with Crippen molar-refractivity contribution in [2.45, 2.75) is 44.2 Å². The fraction of sp³-hybridized carbons (Fsp3) is 0.611. The molecule has 0 aliphatic heterocycles. The molecule has 0 aromatic heterocycles. The number of hydrogen-bond donors (Lipinski definition) is 0. The van der Waals surface area contributed by atoms with Crippen LogP contribution in [0.25, 0.3) is 0 Å². The van der Waals surface area contributed by atoms with Crippen LogP contribution in [0.4, 0.5) is 0 Å². The maximum atomic E-state index is 11.4. The Kier molecular flexibility index (Phi) is 4.03. The van der Waals surface area contributed by atoms with E-state index >= 15 is 0 Å². The van der Waals surface area contributed by atoms with E-state index in [4.69, 9.17) is 4.74 Å². The minimum absolute atomic E-state index is 0.105. The highest BCUT2D eigenvalue weighted by Gasteiger charge is 2.51. The van der Waals surface area contributed by atoms with Crippen molar-refractivity contribution in [3.05, 3.63) is 35.9 Å². The van der Waals surface area contributed by atoms with Crippen LogP contribution in [0.5, 0.6) is 0 Å². The quantitative estimate of drug-likeness (QED) is 0.800. The van der Waals surface area contributed by atoms with Crippen LogP contribution in [0, 0.1) is 11.8 Å². The van der Waals surface area contributed by atoms with Gasteiger partial charge in [-0.2, -0.15) is 0 Å². The molecule has 3 aliphatic carbocycles. The second-order valence-corrected chi connectivity index (χ2v) is 6.78. The molecule has 0 spiro atoms. The van der Waals surface area contributed by atoms with Crippen LogP contribution in [0.2, 0.25) is 0 Å². The summed E-state index contributed by atoms with van der Waals surface area (Å²) in [5.74, 6) is 1.50. The summed E-state index contributed by atoms with van der Waals surface area (Å²) in [5.41, 5.74) is 1.44. The van der Waals surface area contributed by atoms with Crippen LogP contribution in [0.1, 0.15) is 37.7 Å². The van der Waals surface area contributed by atoms with Crippen LogP contribution >= 0.6 is 0 Å². The average molecular weight is 287 g/mol. The molecule has 0 saturated heterocycles. The van der Waals surface area contributed by atoms with Gasteiger partial charge in [0.05, 0.1) is 0 Å². The molecule has 0 heterocycles. The lowest BCUT2D eigenvalue weighted by Gasteiger charge is -2.54. The molecule has 0 N–H and O–H groups in total. The van der Waals surface area contributed by atoms with Crippen molar-refractivity contribution in [3.8, 4) is 0 Å². The number of likely N-dealkylation sites (N-methyl/N-ethyl adjacent to an activating group) is 1. The number of ether oxygens (including phenoxy) is 1. The standard InChI is InChI=1S/C18H25NO2/c1-12(20)21-16-11-14-9-10-15(16)18(19(2)3)17(14)13-7-5-4-6-8-13/h4-8,14-18H,9-11H2,1-3H3/t14-,15+,16+,17-,18-/m0/s1. The molecule has 3 nitrogen and oxygen atoms in total. The summed E-state index contributed by atoms with van der Waals surface area (Å²) >= 11 is 0. The Morgan fingerprint density at radius 3 is 2.52 bits per heavy atom. The van der Waals surface area contributed by atoms with Gasteiger partial charge in [0.15, 0.2) is 0 Å². The Morgan fingerprint density at radius 2 is 1.90 bits per heavy atom. The maximum absolute atomic E-state index is 11.4. The SMILES string of the molecule is CC(=O)O[C@@H]1C[C@@H]2CC[C@H]1[C@H](N(C)C)[C@H]2c1ccccc1. The normalized spacial score (nSPS) is 35.0. The largest absolute Gasteiger partial charge is 0.462 e. The minimum atomic E-state index is -0.138.